The summed E-state index contributed by atoms with van der Waals surface area (Å²) in [5, 5.41) is 12.9. The molecule has 3 rings (SSSR count). The molecule has 1 aromatic carbocycles. The maximum absolute atomic E-state index is 14.8. The van der Waals surface area contributed by atoms with Gasteiger partial charge in [0.2, 0.25) is 0 Å². The predicted molar refractivity (Wildman–Crippen MR) is 133 cm³/mol. The fourth-order valence-electron chi connectivity index (χ4n) is 3.03. The van der Waals surface area contributed by atoms with Crippen LogP contribution in [0.25, 0.3) is 21.1 Å². The fourth-order valence-corrected chi connectivity index (χ4v) is 4.78. The third kappa shape index (κ3) is 7.65. The molecule has 2 aromatic heterocycles. The number of rotatable bonds is 10. The standard InChI is InChI=1S/C21H26ClFN5O5PS/c1-10(2)25-19-6-13(5-11(3)26-19)20-27-28-21(35-20)14-7-16(23)18(8-15(14)22)32-9-17(24)12(4)33-34(29,30)31/h5-8,10,12,17H,9,24H2,1-4H3,(H,25,26)(H2,29,30,31)/t12-,17-/m0/s1. The molecule has 35 heavy (non-hydrogen) atoms. The zero-order valence-corrected chi connectivity index (χ0v) is 21.9. The first-order valence-electron chi connectivity index (χ1n) is 10.5. The Bertz CT molecular complexity index is 1240. The quantitative estimate of drug-likeness (QED) is 0.270. The lowest BCUT2D eigenvalue weighted by Crippen LogP contribution is -2.39. The second-order valence-corrected chi connectivity index (χ2v) is 10.7. The molecule has 0 saturated heterocycles. The number of aryl methyl sites for hydroxylation is 1. The summed E-state index contributed by atoms with van der Waals surface area (Å²) in [6.45, 7) is 7.03. The van der Waals surface area contributed by atoms with Crippen molar-refractivity contribution in [3.63, 3.8) is 0 Å². The number of benzene rings is 1. The monoisotopic (exact) mass is 545 g/mol. The van der Waals surface area contributed by atoms with Gasteiger partial charge in [0.1, 0.15) is 22.4 Å². The lowest BCUT2D eigenvalue weighted by atomic mass is 10.2. The molecule has 5 N–H and O–H groups in total. The number of nitrogens with one attached hydrogen (secondary N) is 1. The highest BCUT2D eigenvalue weighted by atomic mass is 35.5. The third-order valence-corrected chi connectivity index (χ3v) is 6.58. The van der Waals surface area contributed by atoms with Crippen molar-refractivity contribution < 1.29 is 28.0 Å². The van der Waals surface area contributed by atoms with Crippen LogP contribution in [-0.4, -0.2) is 49.8 Å². The molecule has 2 atom stereocenters. The molecule has 0 radical (unpaired) electrons. The number of hydrogen-bond donors (Lipinski definition) is 4. The van der Waals surface area contributed by atoms with Gasteiger partial charge in [0.05, 0.1) is 17.2 Å². The van der Waals surface area contributed by atoms with E-state index in [0.717, 1.165) is 17.1 Å². The van der Waals surface area contributed by atoms with Crippen LogP contribution in [0.2, 0.25) is 5.02 Å². The van der Waals surface area contributed by atoms with E-state index in [1.807, 2.05) is 32.9 Å². The van der Waals surface area contributed by atoms with Crippen molar-refractivity contribution in [1.29, 1.82) is 0 Å². The predicted octanol–water partition coefficient (Wildman–Crippen LogP) is 4.39. The van der Waals surface area contributed by atoms with Crippen LogP contribution in [0.3, 0.4) is 0 Å². The van der Waals surface area contributed by atoms with E-state index in [2.05, 4.69) is 25.0 Å². The zero-order valence-electron chi connectivity index (χ0n) is 19.4. The van der Waals surface area contributed by atoms with Crippen molar-refractivity contribution in [3.8, 4) is 26.9 Å². The Labute approximate surface area is 210 Å². The van der Waals surface area contributed by atoms with Crippen molar-refractivity contribution >= 4 is 36.6 Å². The maximum Gasteiger partial charge on any atom is 0.469 e. The molecule has 14 heteroatoms. The van der Waals surface area contributed by atoms with Gasteiger partial charge in [0.15, 0.2) is 11.6 Å². The first-order chi connectivity index (χ1) is 16.3. The molecule has 3 aromatic rings. The summed E-state index contributed by atoms with van der Waals surface area (Å²) in [5.41, 5.74) is 7.79. The Morgan fingerprint density at radius 1 is 1.20 bits per heavy atom. The van der Waals surface area contributed by atoms with E-state index in [1.54, 1.807) is 0 Å². The molecule has 0 saturated carbocycles. The second kappa shape index (κ2) is 11.3. The average Bonchev–Trinajstić information content (AvgIpc) is 3.21. The Kier molecular flexibility index (Phi) is 8.81. The Balaban J connectivity index is 1.77. The summed E-state index contributed by atoms with van der Waals surface area (Å²) >= 11 is 7.63. The zero-order chi connectivity index (χ0) is 25.9. The molecule has 2 heterocycles. The molecule has 0 bridgehead atoms. The Morgan fingerprint density at radius 2 is 1.89 bits per heavy atom. The minimum atomic E-state index is -4.71. The minimum absolute atomic E-state index is 0.170. The van der Waals surface area contributed by atoms with Gasteiger partial charge in [-0.2, -0.15) is 0 Å². The van der Waals surface area contributed by atoms with Crippen molar-refractivity contribution in [2.45, 2.75) is 45.9 Å². The van der Waals surface area contributed by atoms with Crippen LogP contribution >= 0.6 is 30.8 Å². The summed E-state index contributed by atoms with van der Waals surface area (Å²) in [6.07, 6.45) is -1.03. The molecule has 0 spiro atoms. The third-order valence-electron chi connectivity index (χ3n) is 4.65. The maximum atomic E-state index is 14.8. The number of phosphoric ester groups is 1. The molecular weight excluding hydrogens is 520 g/mol. The lowest BCUT2D eigenvalue weighted by Gasteiger charge is -2.21. The number of nitrogens with two attached hydrogens (primary N) is 1. The van der Waals surface area contributed by atoms with E-state index >= 15 is 0 Å². The smallest absolute Gasteiger partial charge is 0.469 e. The largest absolute Gasteiger partial charge is 0.489 e. The van der Waals surface area contributed by atoms with Crippen molar-refractivity contribution in [1.82, 2.24) is 15.2 Å². The highest BCUT2D eigenvalue weighted by Crippen LogP contribution is 2.39. The van der Waals surface area contributed by atoms with E-state index in [1.165, 1.54) is 30.4 Å². The van der Waals surface area contributed by atoms with Gasteiger partial charge >= 0.3 is 7.82 Å². The van der Waals surface area contributed by atoms with E-state index < -0.39 is 25.8 Å². The number of hydrogen-bond acceptors (Lipinski definition) is 9. The number of phosphoric acid groups is 1. The summed E-state index contributed by atoms with van der Waals surface area (Å²) in [6, 6.07) is 5.51. The summed E-state index contributed by atoms with van der Waals surface area (Å²) in [4.78, 5) is 22.2. The molecule has 190 valence electrons. The van der Waals surface area contributed by atoms with Crippen LogP contribution in [0, 0.1) is 12.7 Å². The molecule has 0 unspecified atom stereocenters. The van der Waals surface area contributed by atoms with Gasteiger partial charge in [-0.3, -0.25) is 4.52 Å². The van der Waals surface area contributed by atoms with Crippen LogP contribution in [0.4, 0.5) is 10.2 Å². The molecule has 0 aliphatic rings. The van der Waals surface area contributed by atoms with Crippen LogP contribution in [0.1, 0.15) is 26.5 Å². The highest BCUT2D eigenvalue weighted by Gasteiger charge is 2.25. The minimum Gasteiger partial charge on any atom is -0.489 e. The molecule has 0 fully saturated rings. The first kappa shape index (κ1) is 27.4. The summed E-state index contributed by atoms with van der Waals surface area (Å²) in [5.74, 6) is -0.160. The van der Waals surface area contributed by atoms with Gasteiger partial charge in [-0.25, -0.2) is 13.9 Å². The van der Waals surface area contributed by atoms with Crippen molar-refractivity contribution in [2.24, 2.45) is 5.73 Å². The van der Waals surface area contributed by atoms with Gasteiger partial charge in [-0.15, -0.1) is 10.2 Å². The molecule has 0 aliphatic carbocycles. The molecule has 10 nitrogen and oxygen atoms in total. The van der Waals surface area contributed by atoms with Crippen molar-refractivity contribution in [3.05, 3.63) is 40.8 Å². The highest BCUT2D eigenvalue weighted by molar-refractivity contribution is 7.46. The number of aromatic nitrogens is 3. The molecule has 0 aliphatic heterocycles. The van der Waals surface area contributed by atoms with Gasteiger partial charge < -0.3 is 25.6 Å². The number of halogens is 2. The number of anilines is 1. The number of nitrogens with zero attached hydrogens (tertiary/aromatic N) is 3. The number of ether oxygens (including phenoxy) is 1. The average molecular weight is 546 g/mol. The summed E-state index contributed by atoms with van der Waals surface area (Å²) < 4.78 is 35.6. The van der Waals surface area contributed by atoms with Crippen LogP contribution in [0.5, 0.6) is 5.75 Å². The SMILES string of the molecule is Cc1cc(-c2nnc(-c3cc(F)c(OC[C@H](N)[C@H](C)OP(=O)(O)O)cc3Cl)s2)cc(NC(C)C)n1. The second-order valence-electron chi connectivity index (χ2n) is 8.13. The molecular formula is C21H26ClFN5O5PS. The van der Waals surface area contributed by atoms with Crippen LogP contribution in [-0.2, 0) is 9.09 Å². The number of pyridine rings is 1. The van der Waals surface area contributed by atoms with Crippen molar-refractivity contribution in [2.75, 3.05) is 11.9 Å². The molecule has 0 amide bonds. The van der Waals surface area contributed by atoms with E-state index in [4.69, 9.17) is 31.9 Å². The normalized spacial score (nSPS) is 13.7. The Morgan fingerprint density at radius 3 is 2.54 bits per heavy atom. The van der Waals surface area contributed by atoms with Gasteiger partial charge in [-0.05, 0) is 45.9 Å². The van der Waals surface area contributed by atoms with E-state index in [0.29, 0.717) is 15.6 Å². The summed E-state index contributed by atoms with van der Waals surface area (Å²) in [7, 11) is -4.71. The fraction of sp³-hybridized carbons (Fsp3) is 0.381. The van der Waals surface area contributed by atoms with Crippen LogP contribution in [0.15, 0.2) is 24.3 Å². The van der Waals surface area contributed by atoms with Gasteiger partial charge in [0, 0.05) is 28.9 Å². The van der Waals surface area contributed by atoms with E-state index in [-0.39, 0.29) is 23.4 Å². The topological polar surface area (TPSA) is 153 Å². The van der Waals surface area contributed by atoms with Gasteiger partial charge in [-0.1, -0.05) is 22.9 Å². The van der Waals surface area contributed by atoms with E-state index in [9.17, 15) is 8.96 Å². The first-order valence-corrected chi connectivity index (χ1v) is 13.3. The van der Waals surface area contributed by atoms with Gasteiger partial charge in [0.25, 0.3) is 0 Å². The Hall–Kier alpha value is -2.18. The van der Waals surface area contributed by atoms with Crippen LogP contribution < -0.4 is 15.8 Å². The lowest BCUT2D eigenvalue weighted by molar-refractivity contribution is 0.106.